The molecule has 126 valence electrons. The lowest BCUT2D eigenvalue weighted by Gasteiger charge is -2.27. The molecule has 0 bridgehead atoms. The molecule has 1 aliphatic carbocycles. The summed E-state index contributed by atoms with van der Waals surface area (Å²) >= 11 is 0. The van der Waals surface area contributed by atoms with Crippen molar-refractivity contribution in [3.05, 3.63) is 40.6 Å². The van der Waals surface area contributed by atoms with Gasteiger partial charge in [-0.3, -0.25) is 4.79 Å². The van der Waals surface area contributed by atoms with Crippen molar-refractivity contribution in [2.24, 2.45) is 0 Å². The SMILES string of the molecule is Cc1cccc2c1NCC[C@@H]2C(=O)n1nc2c(c1N)CC[C@@H](O)C2. The van der Waals surface area contributed by atoms with Gasteiger partial charge in [-0.2, -0.15) is 9.78 Å². The van der Waals surface area contributed by atoms with E-state index in [1.54, 1.807) is 0 Å². The quantitative estimate of drug-likeness (QED) is 0.744. The van der Waals surface area contributed by atoms with Crippen LogP contribution in [0.4, 0.5) is 11.5 Å². The molecule has 2 aromatic rings. The molecular formula is C18H22N4O2. The Bertz CT molecular complexity index is 812. The van der Waals surface area contributed by atoms with Crippen molar-refractivity contribution in [2.75, 3.05) is 17.6 Å². The first-order chi connectivity index (χ1) is 11.6. The molecule has 4 rings (SSSR count). The Morgan fingerprint density at radius 2 is 2.25 bits per heavy atom. The third kappa shape index (κ3) is 2.29. The summed E-state index contributed by atoms with van der Waals surface area (Å²) in [5.74, 6) is 0.120. The van der Waals surface area contributed by atoms with Crippen molar-refractivity contribution in [3.8, 4) is 0 Å². The van der Waals surface area contributed by atoms with Crippen molar-refractivity contribution < 1.29 is 9.90 Å². The van der Waals surface area contributed by atoms with E-state index in [1.165, 1.54) is 4.68 Å². The van der Waals surface area contributed by atoms with Gasteiger partial charge in [-0.1, -0.05) is 18.2 Å². The largest absolute Gasteiger partial charge is 0.393 e. The number of rotatable bonds is 1. The number of nitrogens with one attached hydrogen (secondary N) is 1. The first-order valence-corrected chi connectivity index (χ1v) is 8.48. The number of carbonyl (C=O) groups excluding carboxylic acids is 1. The highest BCUT2D eigenvalue weighted by atomic mass is 16.3. The number of anilines is 2. The van der Waals surface area contributed by atoms with Crippen LogP contribution in [0.1, 0.15) is 45.9 Å². The second kappa shape index (κ2) is 5.63. The van der Waals surface area contributed by atoms with Crippen LogP contribution in [0.25, 0.3) is 0 Å². The van der Waals surface area contributed by atoms with Gasteiger partial charge in [0.1, 0.15) is 5.82 Å². The molecule has 0 radical (unpaired) electrons. The standard InChI is InChI=1S/C18H22N4O2/c1-10-3-2-4-12-13(7-8-20-16(10)12)18(24)22-17(19)14-6-5-11(23)9-15(14)21-22/h2-4,11,13,20,23H,5-9,19H2,1H3/t11-,13+/m1/s1. The molecule has 0 fully saturated rings. The predicted octanol–water partition coefficient (Wildman–Crippen LogP) is 1.86. The summed E-state index contributed by atoms with van der Waals surface area (Å²) in [6, 6.07) is 6.02. The van der Waals surface area contributed by atoms with Gasteiger partial charge in [0.15, 0.2) is 0 Å². The molecule has 1 aromatic heterocycles. The fraction of sp³-hybridized carbons (Fsp3) is 0.444. The second-order valence-corrected chi connectivity index (χ2v) is 6.76. The second-order valence-electron chi connectivity index (χ2n) is 6.76. The number of nitrogens with two attached hydrogens (primary N) is 1. The fourth-order valence-electron chi connectivity index (χ4n) is 3.87. The van der Waals surface area contributed by atoms with E-state index in [1.807, 2.05) is 25.1 Å². The van der Waals surface area contributed by atoms with Crippen molar-refractivity contribution in [1.82, 2.24) is 9.78 Å². The van der Waals surface area contributed by atoms with Gasteiger partial charge in [0.25, 0.3) is 5.91 Å². The maximum absolute atomic E-state index is 13.1. The number of aliphatic hydroxyl groups excluding tert-OH is 1. The normalized spacial score (nSPS) is 22.4. The van der Waals surface area contributed by atoms with Gasteiger partial charge in [0.2, 0.25) is 0 Å². The summed E-state index contributed by atoms with van der Waals surface area (Å²) in [6.45, 7) is 2.80. The molecule has 1 aliphatic heterocycles. The molecule has 2 heterocycles. The van der Waals surface area contributed by atoms with Crippen molar-refractivity contribution in [3.63, 3.8) is 0 Å². The summed E-state index contributed by atoms with van der Waals surface area (Å²) in [7, 11) is 0. The van der Waals surface area contributed by atoms with E-state index < -0.39 is 6.10 Å². The average Bonchev–Trinajstić information content (AvgIpc) is 2.90. The van der Waals surface area contributed by atoms with E-state index in [0.29, 0.717) is 25.1 Å². The molecule has 2 atom stereocenters. The lowest BCUT2D eigenvalue weighted by atomic mass is 9.88. The van der Waals surface area contributed by atoms with Crippen LogP contribution in [-0.4, -0.2) is 33.4 Å². The van der Waals surface area contributed by atoms with Crippen LogP contribution in [0.5, 0.6) is 0 Å². The molecule has 24 heavy (non-hydrogen) atoms. The van der Waals surface area contributed by atoms with Gasteiger partial charge >= 0.3 is 0 Å². The third-order valence-electron chi connectivity index (χ3n) is 5.19. The van der Waals surface area contributed by atoms with Crippen LogP contribution in [0, 0.1) is 6.92 Å². The molecule has 0 amide bonds. The maximum Gasteiger partial charge on any atom is 0.256 e. The molecule has 1 aromatic carbocycles. The third-order valence-corrected chi connectivity index (χ3v) is 5.19. The Hall–Kier alpha value is -2.34. The number of carbonyl (C=O) groups is 1. The number of aryl methyl sites for hydroxylation is 1. The van der Waals surface area contributed by atoms with Gasteiger partial charge in [0.05, 0.1) is 17.7 Å². The number of hydrogen-bond donors (Lipinski definition) is 3. The monoisotopic (exact) mass is 326 g/mol. The number of aliphatic hydroxyl groups is 1. The molecule has 0 unspecified atom stereocenters. The minimum atomic E-state index is -0.391. The number of nitrogens with zero attached hydrogens (tertiary/aromatic N) is 2. The highest BCUT2D eigenvalue weighted by Gasteiger charge is 2.32. The Morgan fingerprint density at radius 3 is 3.08 bits per heavy atom. The van der Waals surface area contributed by atoms with E-state index in [9.17, 15) is 9.90 Å². The van der Waals surface area contributed by atoms with E-state index in [4.69, 9.17) is 5.73 Å². The van der Waals surface area contributed by atoms with Gasteiger partial charge < -0.3 is 16.2 Å². The number of para-hydroxylation sites is 1. The summed E-state index contributed by atoms with van der Waals surface area (Å²) < 4.78 is 1.37. The molecule has 4 N–H and O–H groups in total. The van der Waals surface area contributed by atoms with Crippen LogP contribution in [-0.2, 0) is 12.8 Å². The molecule has 0 spiro atoms. The number of nitrogen functional groups attached to an aromatic ring is 1. The topological polar surface area (TPSA) is 93.2 Å². The Labute approximate surface area is 140 Å². The highest BCUT2D eigenvalue weighted by molar-refractivity contribution is 5.90. The van der Waals surface area contributed by atoms with E-state index in [-0.39, 0.29) is 11.8 Å². The maximum atomic E-state index is 13.1. The minimum absolute atomic E-state index is 0.0789. The number of aromatic nitrogens is 2. The minimum Gasteiger partial charge on any atom is -0.393 e. The molecular weight excluding hydrogens is 304 g/mol. The van der Waals surface area contributed by atoms with Crippen LogP contribution in [0.2, 0.25) is 0 Å². The number of hydrogen-bond acceptors (Lipinski definition) is 5. The van der Waals surface area contributed by atoms with Crippen LogP contribution in [0.3, 0.4) is 0 Å². The number of benzene rings is 1. The first kappa shape index (κ1) is 15.2. The predicted molar refractivity (Wildman–Crippen MR) is 92.3 cm³/mol. The van der Waals surface area contributed by atoms with E-state index in [2.05, 4.69) is 10.4 Å². The van der Waals surface area contributed by atoms with Crippen molar-refractivity contribution >= 4 is 17.4 Å². The van der Waals surface area contributed by atoms with Gasteiger partial charge in [-0.15, -0.1) is 0 Å². The zero-order chi connectivity index (χ0) is 16.8. The highest BCUT2D eigenvalue weighted by Crippen LogP contribution is 2.36. The van der Waals surface area contributed by atoms with Crippen LogP contribution < -0.4 is 11.1 Å². The summed E-state index contributed by atoms with van der Waals surface area (Å²) in [5.41, 5.74) is 11.1. The summed E-state index contributed by atoms with van der Waals surface area (Å²) in [5, 5.41) is 17.6. The first-order valence-electron chi connectivity index (χ1n) is 8.48. The molecule has 6 nitrogen and oxygen atoms in total. The Morgan fingerprint density at radius 1 is 1.42 bits per heavy atom. The van der Waals surface area contributed by atoms with Crippen LogP contribution in [0.15, 0.2) is 18.2 Å². The average molecular weight is 326 g/mol. The van der Waals surface area contributed by atoms with E-state index >= 15 is 0 Å². The molecule has 0 saturated carbocycles. The van der Waals surface area contributed by atoms with Gasteiger partial charge in [-0.25, -0.2) is 0 Å². The molecule has 6 heteroatoms. The van der Waals surface area contributed by atoms with Crippen molar-refractivity contribution in [1.29, 1.82) is 0 Å². The Balaban J connectivity index is 1.73. The fourth-order valence-corrected chi connectivity index (χ4v) is 3.87. The van der Waals surface area contributed by atoms with Gasteiger partial charge in [0, 0.05) is 24.2 Å². The lowest BCUT2D eigenvalue weighted by molar-refractivity contribution is 0.0858. The molecule has 2 aliphatic rings. The summed E-state index contributed by atoms with van der Waals surface area (Å²) in [6.07, 6.45) is 2.16. The zero-order valence-electron chi connectivity index (χ0n) is 13.7. The van der Waals surface area contributed by atoms with E-state index in [0.717, 1.165) is 41.0 Å². The van der Waals surface area contributed by atoms with Crippen molar-refractivity contribution in [2.45, 2.75) is 44.6 Å². The summed E-state index contributed by atoms with van der Waals surface area (Å²) in [4.78, 5) is 13.1. The lowest BCUT2D eigenvalue weighted by Crippen LogP contribution is -2.28. The Kier molecular flexibility index (Phi) is 3.57. The smallest absolute Gasteiger partial charge is 0.256 e. The number of fused-ring (bicyclic) bond motifs is 2. The molecule has 0 saturated heterocycles. The van der Waals surface area contributed by atoms with Gasteiger partial charge in [-0.05, 0) is 37.3 Å². The zero-order valence-corrected chi connectivity index (χ0v) is 13.7. The van der Waals surface area contributed by atoms with Crippen LogP contribution >= 0.6 is 0 Å².